The number of benzene rings is 1. The summed E-state index contributed by atoms with van der Waals surface area (Å²) in [6.07, 6.45) is 0.292. The molecule has 1 N–H and O–H groups in total. The summed E-state index contributed by atoms with van der Waals surface area (Å²) in [5.41, 5.74) is 0.928. The van der Waals surface area contributed by atoms with Gasteiger partial charge in [0, 0.05) is 38.6 Å². The fraction of sp³-hybridized carbons (Fsp3) is 0.500. The van der Waals surface area contributed by atoms with Gasteiger partial charge in [-0.25, -0.2) is 0 Å². The van der Waals surface area contributed by atoms with E-state index in [-0.39, 0.29) is 57.3 Å². The first-order valence-electron chi connectivity index (χ1n) is 7.62. The van der Waals surface area contributed by atoms with E-state index in [0.29, 0.717) is 24.7 Å². The van der Waals surface area contributed by atoms with E-state index in [2.05, 4.69) is 4.90 Å². The van der Waals surface area contributed by atoms with Crippen LogP contribution in [-0.4, -0.2) is 54.7 Å². The molecule has 1 fully saturated rings. The molecule has 0 radical (unpaired) electrons. The standard InChI is InChI=1S/C16H21ClN2O4.K/c17-13-4-1-2-5-14(13)18-6-3-7-19(9-8-18)16(23)12(11-20)10-15(21)22;/h1-2,4-5,12,20H,3,6-11H2,(H,21,22);/q;+1/p-1. The Morgan fingerprint density at radius 3 is 2.54 bits per heavy atom. The van der Waals surface area contributed by atoms with E-state index in [1.165, 1.54) is 0 Å². The van der Waals surface area contributed by atoms with Gasteiger partial charge in [0.05, 0.1) is 23.2 Å². The van der Waals surface area contributed by atoms with Crippen molar-refractivity contribution in [2.24, 2.45) is 5.92 Å². The van der Waals surface area contributed by atoms with E-state index >= 15 is 0 Å². The molecule has 1 atom stereocenters. The van der Waals surface area contributed by atoms with Gasteiger partial charge in [0.1, 0.15) is 0 Å². The Labute approximate surface area is 189 Å². The molecular weight excluding hydrogens is 359 g/mol. The summed E-state index contributed by atoms with van der Waals surface area (Å²) in [5, 5.41) is 20.6. The van der Waals surface area contributed by atoms with Crippen molar-refractivity contribution in [1.82, 2.24) is 4.90 Å². The molecule has 0 saturated carbocycles. The van der Waals surface area contributed by atoms with Crippen LogP contribution in [-0.2, 0) is 9.59 Å². The smallest absolute Gasteiger partial charge is 0.550 e. The van der Waals surface area contributed by atoms with Gasteiger partial charge < -0.3 is 24.8 Å². The number of carboxylic acids is 1. The van der Waals surface area contributed by atoms with E-state index in [0.717, 1.165) is 18.7 Å². The molecule has 0 spiro atoms. The number of halogens is 1. The molecule has 1 amide bonds. The largest absolute Gasteiger partial charge is 1.00 e. The van der Waals surface area contributed by atoms with Crippen molar-refractivity contribution >= 4 is 29.2 Å². The summed E-state index contributed by atoms with van der Waals surface area (Å²) in [5.74, 6) is -2.60. The van der Waals surface area contributed by atoms with Crippen molar-refractivity contribution in [3.05, 3.63) is 29.3 Å². The molecule has 1 aromatic carbocycles. The SMILES string of the molecule is O=C([O-])CC(CO)C(=O)N1CCCN(c2ccccc2Cl)CC1.[K+]. The molecule has 1 aliphatic rings. The number of carboxylic acid groups (broad SMARTS) is 1. The molecule has 2 rings (SSSR count). The zero-order chi connectivity index (χ0) is 16.8. The summed E-state index contributed by atoms with van der Waals surface area (Å²) in [6, 6.07) is 7.54. The topological polar surface area (TPSA) is 83.9 Å². The summed E-state index contributed by atoms with van der Waals surface area (Å²) in [4.78, 5) is 26.8. The van der Waals surface area contributed by atoms with Gasteiger partial charge >= 0.3 is 51.4 Å². The molecule has 0 aromatic heterocycles. The van der Waals surface area contributed by atoms with Gasteiger partial charge in [-0.05, 0) is 18.6 Å². The Kier molecular flexibility index (Phi) is 9.81. The van der Waals surface area contributed by atoms with Crippen LogP contribution in [0.4, 0.5) is 5.69 Å². The second-order valence-corrected chi connectivity index (χ2v) is 5.98. The molecule has 1 saturated heterocycles. The fourth-order valence-corrected chi connectivity index (χ4v) is 3.03. The summed E-state index contributed by atoms with van der Waals surface area (Å²) >= 11 is 6.21. The Hall–Kier alpha value is -0.154. The van der Waals surface area contributed by atoms with Gasteiger partial charge in [-0.3, -0.25) is 4.79 Å². The Bertz CT molecular complexity index is 573. The van der Waals surface area contributed by atoms with Crippen molar-refractivity contribution in [3.8, 4) is 0 Å². The van der Waals surface area contributed by atoms with Gasteiger partial charge in [0.2, 0.25) is 5.91 Å². The average molecular weight is 379 g/mol. The van der Waals surface area contributed by atoms with Gasteiger partial charge in [-0.1, -0.05) is 23.7 Å². The van der Waals surface area contributed by atoms with E-state index in [9.17, 15) is 19.8 Å². The van der Waals surface area contributed by atoms with Crippen LogP contribution in [0.1, 0.15) is 12.8 Å². The van der Waals surface area contributed by atoms with Crippen molar-refractivity contribution in [2.75, 3.05) is 37.7 Å². The molecular formula is C16H20ClKN2O4. The third kappa shape index (κ3) is 5.98. The van der Waals surface area contributed by atoms with Gasteiger partial charge in [-0.15, -0.1) is 0 Å². The van der Waals surface area contributed by atoms with Crippen LogP contribution < -0.4 is 61.4 Å². The minimum Gasteiger partial charge on any atom is -0.550 e. The number of anilines is 1. The van der Waals surface area contributed by atoms with Gasteiger partial charge in [0.25, 0.3) is 0 Å². The number of amides is 1. The van der Waals surface area contributed by atoms with E-state index < -0.39 is 24.9 Å². The molecule has 1 heterocycles. The third-order valence-corrected chi connectivity index (χ3v) is 4.30. The van der Waals surface area contributed by atoms with E-state index in [4.69, 9.17) is 11.6 Å². The number of aliphatic hydroxyl groups is 1. The van der Waals surface area contributed by atoms with Crippen LogP contribution in [0, 0.1) is 5.92 Å². The van der Waals surface area contributed by atoms with Crippen LogP contribution >= 0.6 is 11.6 Å². The molecule has 1 aliphatic heterocycles. The summed E-state index contributed by atoms with van der Waals surface area (Å²) < 4.78 is 0. The maximum Gasteiger partial charge on any atom is 1.00 e. The van der Waals surface area contributed by atoms with Crippen molar-refractivity contribution in [3.63, 3.8) is 0 Å². The molecule has 6 nitrogen and oxygen atoms in total. The number of carbonyl (C=O) groups excluding carboxylic acids is 2. The zero-order valence-electron chi connectivity index (χ0n) is 13.8. The Balaban J connectivity index is 0.00000288. The third-order valence-electron chi connectivity index (χ3n) is 3.98. The maximum atomic E-state index is 12.4. The van der Waals surface area contributed by atoms with E-state index in [1.807, 2.05) is 24.3 Å². The second-order valence-electron chi connectivity index (χ2n) is 5.57. The molecule has 0 aliphatic carbocycles. The molecule has 1 unspecified atom stereocenters. The fourth-order valence-electron chi connectivity index (χ4n) is 2.78. The Morgan fingerprint density at radius 1 is 1.21 bits per heavy atom. The zero-order valence-corrected chi connectivity index (χ0v) is 17.7. The first-order chi connectivity index (χ1) is 11.0. The van der Waals surface area contributed by atoms with Gasteiger partial charge in [-0.2, -0.15) is 0 Å². The molecule has 126 valence electrons. The number of para-hydroxylation sites is 1. The molecule has 24 heavy (non-hydrogen) atoms. The van der Waals surface area contributed by atoms with Crippen molar-refractivity contribution in [2.45, 2.75) is 12.8 Å². The Morgan fingerprint density at radius 2 is 1.92 bits per heavy atom. The number of aliphatic carboxylic acids is 1. The van der Waals surface area contributed by atoms with Crippen LogP contribution in [0.15, 0.2) is 24.3 Å². The predicted molar refractivity (Wildman–Crippen MR) is 85.1 cm³/mol. The van der Waals surface area contributed by atoms with Crippen molar-refractivity contribution in [1.29, 1.82) is 0 Å². The van der Waals surface area contributed by atoms with Crippen LogP contribution in [0.25, 0.3) is 0 Å². The maximum absolute atomic E-state index is 12.4. The number of carbonyl (C=O) groups is 2. The van der Waals surface area contributed by atoms with Gasteiger partial charge in [0.15, 0.2) is 0 Å². The monoisotopic (exact) mass is 378 g/mol. The number of hydrogen-bond donors (Lipinski definition) is 1. The summed E-state index contributed by atoms with van der Waals surface area (Å²) in [7, 11) is 0. The van der Waals surface area contributed by atoms with Crippen molar-refractivity contribution < 1.29 is 71.2 Å². The second kappa shape index (κ2) is 10.8. The minimum atomic E-state index is -1.33. The number of hydrogen-bond acceptors (Lipinski definition) is 5. The first-order valence-corrected chi connectivity index (χ1v) is 7.99. The van der Waals surface area contributed by atoms with Crippen LogP contribution in [0.3, 0.4) is 0 Å². The quantitative estimate of drug-likeness (QED) is 0.557. The number of nitrogens with zero attached hydrogens (tertiary/aromatic N) is 2. The molecule has 0 bridgehead atoms. The van der Waals surface area contributed by atoms with E-state index in [1.54, 1.807) is 4.90 Å². The predicted octanol–water partition coefficient (Wildman–Crippen LogP) is -2.87. The van der Waals surface area contributed by atoms with Crippen LogP contribution in [0.2, 0.25) is 5.02 Å². The summed E-state index contributed by atoms with van der Waals surface area (Å²) in [6.45, 7) is 1.88. The molecule has 1 aromatic rings. The molecule has 8 heteroatoms. The normalized spacial score (nSPS) is 16.1. The minimum absolute atomic E-state index is 0. The first kappa shape index (κ1) is 21.9. The number of aliphatic hydroxyl groups excluding tert-OH is 1. The number of rotatable bonds is 5. The average Bonchev–Trinajstić information content (AvgIpc) is 2.78. The van der Waals surface area contributed by atoms with Crippen LogP contribution in [0.5, 0.6) is 0 Å².